The summed E-state index contributed by atoms with van der Waals surface area (Å²) < 4.78 is 0. The molecule has 0 spiro atoms. The summed E-state index contributed by atoms with van der Waals surface area (Å²) in [6, 6.07) is 24.8. The Kier molecular flexibility index (Phi) is 9.83. The van der Waals surface area contributed by atoms with Crippen molar-refractivity contribution in [2.45, 2.75) is 44.6 Å². The van der Waals surface area contributed by atoms with E-state index >= 15 is 0 Å². The predicted molar refractivity (Wildman–Crippen MR) is 190 cm³/mol. The van der Waals surface area contributed by atoms with E-state index in [1.807, 2.05) is 78.7 Å². The predicted octanol–water partition coefficient (Wildman–Crippen LogP) is 8.11. The minimum absolute atomic E-state index is 0.107. The molecule has 2 aromatic heterocycles. The molecule has 2 heterocycles. The van der Waals surface area contributed by atoms with Gasteiger partial charge in [-0.2, -0.15) is 0 Å². The van der Waals surface area contributed by atoms with Crippen molar-refractivity contribution >= 4 is 57.3 Å². The van der Waals surface area contributed by atoms with E-state index in [9.17, 15) is 9.59 Å². The molecule has 1 fully saturated rings. The number of likely N-dealkylation sites (N-methyl/N-ethyl adjacent to an activating group) is 1. The number of H-pyrrole nitrogens is 1. The Morgan fingerprint density at radius 2 is 1.72 bits per heavy atom. The average Bonchev–Trinajstić information content (AvgIpc) is 3.34. The Balaban J connectivity index is 1.08. The molecule has 6 rings (SSSR count). The Bertz CT molecular complexity index is 1880. The molecule has 5 aromatic rings. The summed E-state index contributed by atoms with van der Waals surface area (Å²) in [7, 11) is 1.89. The van der Waals surface area contributed by atoms with Gasteiger partial charge in [-0.15, -0.1) is 0 Å². The van der Waals surface area contributed by atoms with Crippen LogP contribution in [0.3, 0.4) is 0 Å². The lowest BCUT2D eigenvalue weighted by molar-refractivity contribution is -0.118. The molecule has 2 amide bonds. The standard InChI is InChI=1S/C37H38ClN7O2/c1-24(35(46)40-27-13-5-3-4-6-14-27)23-45(2)30-17-9-12-26(19-30)36(47)41-28-15-10-16-29(21-28)42-37-39-22-31(38)34(44-37)33-20-25-11-7-8-18-32(25)43-33/h7-12,15-22,27,43H,1,3-6,13-14,23H2,2H3,(H,40,46)(H,41,47)(H,39,42,44). The fraction of sp³-hybridized carbons (Fsp3) is 0.243. The zero-order valence-electron chi connectivity index (χ0n) is 26.4. The van der Waals surface area contributed by atoms with Crippen LogP contribution < -0.4 is 20.9 Å². The van der Waals surface area contributed by atoms with E-state index in [0.717, 1.165) is 48.0 Å². The van der Waals surface area contributed by atoms with E-state index in [1.165, 1.54) is 12.8 Å². The number of fused-ring (bicyclic) bond motifs is 1. The number of para-hydroxylation sites is 1. The molecule has 240 valence electrons. The second-order valence-corrected chi connectivity index (χ2v) is 12.4. The van der Waals surface area contributed by atoms with E-state index in [1.54, 1.807) is 18.3 Å². The van der Waals surface area contributed by atoms with Crippen molar-refractivity contribution in [3.63, 3.8) is 0 Å². The molecular weight excluding hydrogens is 610 g/mol. The maximum atomic E-state index is 13.3. The molecule has 0 radical (unpaired) electrons. The Morgan fingerprint density at radius 1 is 0.957 bits per heavy atom. The molecule has 47 heavy (non-hydrogen) atoms. The molecule has 1 aliphatic carbocycles. The van der Waals surface area contributed by atoms with Gasteiger partial charge in [0.1, 0.15) is 5.69 Å². The second-order valence-electron chi connectivity index (χ2n) is 12.0. The van der Waals surface area contributed by atoms with Crippen molar-refractivity contribution in [2.75, 3.05) is 29.1 Å². The normalized spacial score (nSPS) is 13.5. The smallest absolute Gasteiger partial charge is 0.255 e. The maximum Gasteiger partial charge on any atom is 0.255 e. The van der Waals surface area contributed by atoms with Crippen molar-refractivity contribution in [3.8, 4) is 11.4 Å². The van der Waals surface area contributed by atoms with Gasteiger partial charge >= 0.3 is 0 Å². The van der Waals surface area contributed by atoms with Crippen molar-refractivity contribution < 1.29 is 9.59 Å². The Hall–Kier alpha value is -5.15. The van der Waals surface area contributed by atoms with Gasteiger partial charge in [0, 0.05) is 58.7 Å². The van der Waals surface area contributed by atoms with Crippen molar-refractivity contribution in [1.82, 2.24) is 20.3 Å². The lowest BCUT2D eigenvalue weighted by Gasteiger charge is -2.22. The molecule has 9 nitrogen and oxygen atoms in total. The van der Waals surface area contributed by atoms with Crippen LogP contribution >= 0.6 is 11.6 Å². The number of rotatable bonds is 10. The number of hydrogen-bond acceptors (Lipinski definition) is 6. The molecule has 0 atom stereocenters. The fourth-order valence-corrected chi connectivity index (χ4v) is 6.06. The second kappa shape index (κ2) is 14.5. The van der Waals surface area contributed by atoms with Crippen LogP contribution in [0, 0.1) is 0 Å². The number of anilines is 4. The number of nitrogens with zero attached hydrogens (tertiary/aromatic N) is 3. The van der Waals surface area contributed by atoms with Gasteiger partial charge in [-0.3, -0.25) is 9.59 Å². The minimum atomic E-state index is -0.258. The maximum absolute atomic E-state index is 13.3. The summed E-state index contributed by atoms with van der Waals surface area (Å²) in [6.45, 7) is 4.39. The van der Waals surface area contributed by atoms with Crippen LogP contribution in [0.5, 0.6) is 0 Å². The van der Waals surface area contributed by atoms with E-state index in [0.29, 0.717) is 45.7 Å². The van der Waals surface area contributed by atoms with Crippen molar-refractivity contribution in [3.05, 3.63) is 108 Å². The summed E-state index contributed by atoms with van der Waals surface area (Å²) >= 11 is 6.47. The topological polar surface area (TPSA) is 115 Å². The zero-order valence-corrected chi connectivity index (χ0v) is 27.1. The first-order valence-electron chi connectivity index (χ1n) is 15.9. The molecule has 1 aliphatic rings. The van der Waals surface area contributed by atoms with Crippen molar-refractivity contribution in [1.29, 1.82) is 0 Å². The van der Waals surface area contributed by atoms with Crippen LogP contribution in [0.25, 0.3) is 22.3 Å². The highest BCUT2D eigenvalue weighted by atomic mass is 35.5. The molecule has 0 bridgehead atoms. The van der Waals surface area contributed by atoms with Gasteiger partial charge in [0.05, 0.1) is 16.9 Å². The fourth-order valence-electron chi connectivity index (χ4n) is 5.87. The average molecular weight is 648 g/mol. The third-order valence-electron chi connectivity index (χ3n) is 8.39. The molecule has 10 heteroatoms. The molecule has 4 N–H and O–H groups in total. The van der Waals surface area contributed by atoms with Gasteiger partial charge in [-0.25, -0.2) is 9.97 Å². The van der Waals surface area contributed by atoms with E-state index in [2.05, 4.69) is 37.5 Å². The van der Waals surface area contributed by atoms with Gasteiger partial charge in [0.25, 0.3) is 5.91 Å². The largest absolute Gasteiger partial charge is 0.370 e. The van der Waals surface area contributed by atoms with Gasteiger partial charge in [0.2, 0.25) is 11.9 Å². The Labute approximate surface area is 279 Å². The number of amides is 2. The van der Waals surface area contributed by atoms with Crippen LogP contribution in [-0.4, -0.2) is 46.4 Å². The van der Waals surface area contributed by atoms with Crippen LogP contribution in [0.1, 0.15) is 48.9 Å². The SMILES string of the molecule is C=C(CN(C)c1cccc(C(=O)Nc2cccc(Nc3ncc(Cl)c(-c4cc5ccccc5[nH]4)n3)c2)c1)C(=O)NC1CCCCCC1. The van der Waals surface area contributed by atoms with Crippen LogP contribution in [0.2, 0.25) is 5.02 Å². The summed E-state index contributed by atoms with van der Waals surface area (Å²) in [5.41, 5.74) is 5.46. The number of carbonyl (C=O) groups excluding carboxylic acids is 2. The third-order valence-corrected chi connectivity index (χ3v) is 8.67. The summed E-state index contributed by atoms with van der Waals surface area (Å²) in [4.78, 5) is 40.4. The first-order chi connectivity index (χ1) is 22.8. The van der Waals surface area contributed by atoms with Gasteiger partial charge in [-0.1, -0.05) is 74.2 Å². The quantitative estimate of drug-likeness (QED) is 0.0899. The number of nitrogens with one attached hydrogen (secondary N) is 4. The minimum Gasteiger partial charge on any atom is -0.370 e. The molecule has 3 aromatic carbocycles. The molecule has 0 unspecified atom stereocenters. The molecule has 1 saturated carbocycles. The summed E-state index contributed by atoms with van der Waals surface area (Å²) in [5, 5.41) is 10.8. The van der Waals surface area contributed by atoms with E-state index in [4.69, 9.17) is 11.6 Å². The number of aromatic amines is 1. The molecule has 0 aliphatic heterocycles. The van der Waals surface area contributed by atoms with E-state index in [-0.39, 0.29) is 17.9 Å². The number of carbonyl (C=O) groups is 2. The number of halogens is 1. The first-order valence-corrected chi connectivity index (χ1v) is 16.3. The Morgan fingerprint density at radius 3 is 2.53 bits per heavy atom. The number of benzene rings is 3. The van der Waals surface area contributed by atoms with Gasteiger partial charge < -0.3 is 25.8 Å². The summed E-state index contributed by atoms with van der Waals surface area (Å²) in [5.74, 6) is 0.00202. The number of hydrogen-bond donors (Lipinski definition) is 4. The van der Waals surface area contributed by atoms with E-state index < -0.39 is 0 Å². The molecule has 0 saturated heterocycles. The molecular formula is C37H38ClN7O2. The van der Waals surface area contributed by atoms with Crippen LogP contribution in [0.15, 0.2) is 97.2 Å². The van der Waals surface area contributed by atoms with Gasteiger partial charge in [0.15, 0.2) is 0 Å². The third kappa shape index (κ3) is 7.99. The van der Waals surface area contributed by atoms with Gasteiger partial charge in [-0.05, 0) is 61.4 Å². The monoisotopic (exact) mass is 647 g/mol. The highest BCUT2D eigenvalue weighted by Gasteiger charge is 2.18. The lowest BCUT2D eigenvalue weighted by Crippen LogP contribution is -2.37. The lowest BCUT2D eigenvalue weighted by atomic mass is 10.1. The zero-order chi connectivity index (χ0) is 32.8. The van der Waals surface area contributed by atoms with Crippen molar-refractivity contribution in [2.24, 2.45) is 0 Å². The summed E-state index contributed by atoms with van der Waals surface area (Å²) in [6.07, 6.45) is 8.36. The number of aromatic nitrogens is 3. The van der Waals surface area contributed by atoms with Crippen LogP contribution in [0.4, 0.5) is 23.0 Å². The highest BCUT2D eigenvalue weighted by molar-refractivity contribution is 6.32. The highest BCUT2D eigenvalue weighted by Crippen LogP contribution is 2.30. The first kappa shape index (κ1) is 31.8. The van der Waals surface area contributed by atoms with Crippen LogP contribution in [-0.2, 0) is 4.79 Å².